The first kappa shape index (κ1) is 5.94. The number of carbonyl (C=O) groups excluding carboxylic acids is 1. The van der Waals surface area contributed by atoms with Gasteiger partial charge in [0.1, 0.15) is 0 Å². The molecule has 0 saturated carbocycles. The highest BCUT2D eigenvalue weighted by molar-refractivity contribution is 5.63. The van der Waals surface area contributed by atoms with Crippen LogP contribution in [-0.2, 0) is 4.79 Å². The van der Waals surface area contributed by atoms with E-state index >= 15 is 0 Å². The normalized spacial score (nSPS) is 9.14. The van der Waals surface area contributed by atoms with Crippen molar-refractivity contribution in [1.82, 2.24) is 5.32 Å². The molecule has 0 aromatic carbocycles. The third kappa shape index (κ3) is 4.94. The summed E-state index contributed by atoms with van der Waals surface area (Å²) in [5, 5.41) is 12.6. The fourth-order valence-electron chi connectivity index (χ4n) is 0.142. The maximum atomic E-state index is 9.43. The molecule has 0 saturated heterocycles. The number of hydrogen-bond acceptors (Lipinski definition) is 3. The zero-order valence-electron chi connectivity index (χ0n) is 3.66. The molecule has 7 heavy (non-hydrogen) atoms. The predicted molar refractivity (Wildman–Crippen MR) is 24.3 cm³/mol. The topological polar surface area (TPSA) is 61.7 Å². The van der Waals surface area contributed by atoms with E-state index < -0.39 is 0 Å². The van der Waals surface area contributed by atoms with Crippen LogP contribution in [0.1, 0.15) is 0 Å². The highest BCUT2D eigenvalue weighted by Crippen LogP contribution is 1.46. The molecule has 0 aliphatic carbocycles. The summed E-state index contributed by atoms with van der Waals surface area (Å²) in [6, 6.07) is 0. The molecule has 0 bridgehead atoms. The van der Waals surface area contributed by atoms with Gasteiger partial charge >= 0.3 is 0 Å². The third-order valence-corrected chi connectivity index (χ3v) is 0.374. The molecular weight excluding hydrogens is 96.0 g/mol. The maximum Gasteiger partial charge on any atom is 0.207 e. The molecule has 0 heterocycles. The van der Waals surface area contributed by atoms with Crippen LogP contribution >= 0.6 is 0 Å². The minimum absolute atomic E-state index is 0.278. The molecule has 0 atom stereocenters. The Bertz CT molecular complexity index is 71.3. The summed E-state index contributed by atoms with van der Waals surface area (Å²) in [6.45, 7) is 0.278. The van der Waals surface area contributed by atoms with Gasteiger partial charge in [-0.05, 0) is 0 Å². The van der Waals surface area contributed by atoms with Gasteiger partial charge in [-0.2, -0.15) is 0 Å². The van der Waals surface area contributed by atoms with E-state index in [2.05, 4.69) is 10.5 Å². The average molecular weight is 102 g/mol. The van der Waals surface area contributed by atoms with Gasteiger partial charge in [0.05, 0.1) is 12.8 Å². The molecule has 0 rings (SSSR count). The van der Waals surface area contributed by atoms with Crippen LogP contribution in [0.25, 0.3) is 0 Å². The van der Waals surface area contributed by atoms with Gasteiger partial charge < -0.3 is 10.5 Å². The number of rotatable bonds is 3. The minimum atomic E-state index is 0.278. The molecule has 0 aliphatic heterocycles. The largest absolute Gasteiger partial charge is 0.411 e. The van der Waals surface area contributed by atoms with E-state index in [0.29, 0.717) is 6.41 Å². The first-order valence-corrected chi connectivity index (χ1v) is 1.74. The fourth-order valence-corrected chi connectivity index (χ4v) is 0.142. The number of carbonyl (C=O) groups is 1. The van der Waals surface area contributed by atoms with E-state index in [1.54, 1.807) is 0 Å². The molecule has 2 N–H and O–H groups in total. The molecule has 40 valence electrons. The van der Waals surface area contributed by atoms with Crippen molar-refractivity contribution in [2.24, 2.45) is 5.16 Å². The first-order chi connectivity index (χ1) is 3.41. The van der Waals surface area contributed by atoms with Crippen LogP contribution in [0.2, 0.25) is 0 Å². The Labute approximate surface area is 40.8 Å². The fraction of sp³-hybridized carbons (Fsp3) is 0.333. The van der Waals surface area contributed by atoms with E-state index in [1.807, 2.05) is 0 Å². The van der Waals surface area contributed by atoms with E-state index in [4.69, 9.17) is 5.21 Å². The summed E-state index contributed by atoms with van der Waals surface area (Å²) >= 11 is 0. The van der Waals surface area contributed by atoms with Gasteiger partial charge in [0.25, 0.3) is 0 Å². The number of nitrogens with zero attached hydrogens (tertiary/aromatic N) is 1. The van der Waals surface area contributed by atoms with Gasteiger partial charge in [0, 0.05) is 0 Å². The predicted octanol–water partition coefficient (Wildman–Crippen LogP) is -0.808. The van der Waals surface area contributed by atoms with Crippen LogP contribution in [0.4, 0.5) is 0 Å². The lowest BCUT2D eigenvalue weighted by Crippen LogP contribution is -2.12. The smallest absolute Gasteiger partial charge is 0.207 e. The van der Waals surface area contributed by atoms with Crippen molar-refractivity contribution in [3.63, 3.8) is 0 Å². The molecule has 4 heteroatoms. The molecule has 0 fully saturated rings. The van der Waals surface area contributed by atoms with Crippen LogP contribution < -0.4 is 5.32 Å². The van der Waals surface area contributed by atoms with Gasteiger partial charge in [-0.15, -0.1) is 5.16 Å². The van der Waals surface area contributed by atoms with Crippen molar-refractivity contribution < 1.29 is 10.0 Å². The first-order valence-electron chi connectivity index (χ1n) is 1.74. The van der Waals surface area contributed by atoms with Gasteiger partial charge in [-0.25, -0.2) is 0 Å². The molecular formula is C3H6N2O2. The lowest BCUT2D eigenvalue weighted by atomic mass is 10.7. The molecule has 0 aromatic rings. The van der Waals surface area contributed by atoms with Crippen molar-refractivity contribution >= 4 is 12.6 Å². The highest BCUT2D eigenvalue weighted by Gasteiger charge is 1.69. The quantitative estimate of drug-likeness (QED) is 0.161. The summed E-state index contributed by atoms with van der Waals surface area (Å²) < 4.78 is 0. The van der Waals surface area contributed by atoms with Crippen molar-refractivity contribution in [1.29, 1.82) is 0 Å². The molecule has 0 spiro atoms. The minimum Gasteiger partial charge on any atom is -0.411 e. The lowest BCUT2D eigenvalue weighted by Gasteiger charge is -1.81. The highest BCUT2D eigenvalue weighted by atomic mass is 16.4. The molecule has 0 radical (unpaired) electrons. The molecule has 0 aliphatic rings. The Morgan fingerprint density at radius 1 is 1.86 bits per heavy atom. The number of hydrogen-bond donors (Lipinski definition) is 2. The third-order valence-electron chi connectivity index (χ3n) is 0.374. The molecule has 0 unspecified atom stereocenters. The Morgan fingerprint density at radius 3 is 3.00 bits per heavy atom. The SMILES string of the molecule is O=CNCC=NO. The molecule has 1 amide bonds. The second kappa shape index (κ2) is 4.94. The number of oxime groups is 1. The van der Waals surface area contributed by atoms with Crippen LogP contribution in [0.5, 0.6) is 0 Å². The Balaban J connectivity index is 2.82. The van der Waals surface area contributed by atoms with Crippen LogP contribution in [0, 0.1) is 0 Å². The van der Waals surface area contributed by atoms with Crippen molar-refractivity contribution in [2.45, 2.75) is 0 Å². The Kier molecular flexibility index (Phi) is 4.19. The summed E-state index contributed by atoms with van der Waals surface area (Å²) in [7, 11) is 0. The van der Waals surface area contributed by atoms with Crippen LogP contribution in [0.3, 0.4) is 0 Å². The van der Waals surface area contributed by atoms with E-state index in [9.17, 15) is 4.79 Å². The maximum absolute atomic E-state index is 9.43. The van der Waals surface area contributed by atoms with Crippen molar-refractivity contribution in [3.05, 3.63) is 0 Å². The van der Waals surface area contributed by atoms with Gasteiger partial charge in [-0.3, -0.25) is 4.79 Å². The van der Waals surface area contributed by atoms with Gasteiger partial charge in [0.15, 0.2) is 0 Å². The molecule has 4 nitrogen and oxygen atoms in total. The Morgan fingerprint density at radius 2 is 2.57 bits per heavy atom. The number of nitrogens with one attached hydrogen (secondary N) is 1. The lowest BCUT2D eigenvalue weighted by molar-refractivity contribution is -0.109. The van der Waals surface area contributed by atoms with Crippen molar-refractivity contribution in [2.75, 3.05) is 6.54 Å². The second-order valence-electron chi connectivity index (χ2n) is 0.824. The average Bonchev–Trinajstić information content (AvgIpc) is 1.69. The summed E-state index contributed by atoms with van der Waals surface area (Å²) in [5.41, 5.74) is 0. The number of amides is 1. The zero-order valence-corrected chi connectivity index (χ0v) is 3.66. The van der Waals surface area contributed by atoms with Gasteiger partial charge in [-0.1, -0.05) is 0 Å². The zero-order chi connectivity index (χ0) is 5.54. The van der Waals surface area contributed by atoms with E-state index in [0.717, 1.165) is 0 Å². The standard InChI is InChI=1S/C3H6N2O2/c6-3-4-1-2-5-7/h2-3,7H,1H2,(H,4,6). The van der Waals surface area contributed by atoms with Gasteiger partial charge in [0.2, 0.25) is 6.41 Å². The summed E-state index contributed by atoms with van der Waals surface area (Å²) in [4.78, 5) is 9.43. The summed E-state index contributed by atoms with van der Waals surface area (Å²) in [5.74, 6) is 0. The van der Waals surface area contributed by atoms with Crippen LogP contribution in [0.15, 0.2) is 5.16 Å². The monoisotopic (exact) mass is 102 g/mol. The summed E-state index contributed by atoms with van der Waals surface area (Å²) in [6.07, 6.45) is 1.70. The van der Waals surface area contributed by atoms with E-state index in [1.165, 1.54) is 6.21 Å². The van der Waals surface area contributed by atoms with Crippen LogP contribution in [-0.4, -0.2) is 24.4 Å². The second-order valence-corrected chi connectivity index (χ2v) is 0.824. The molecule has 0 aromatic heterocycles. The van der Waals surface area contributed by atoms with Crippen molar-refractivity contribution in [3.8, 4) is 0 Å². The Hall–Kier alpha value is -1.06. The van der Waals surface area contributed by atoms with E-state index in [-0.39, 0.29) is 6.54 Å².